The summed E-state index contributed by atoms with van der Waals surface area (Å²) in [5, 5.41) is 0.515. The van der Waals surface area contributed by atoms with Gasteiger partial charge in [0, 0.05) is 6.54 Å². The SMILES string of the molecule is Cc1ccc(CN2C(=O)c3oc4ccc(C)cc4c(=O)c3C2c2ccc(C)cc2)cc1. The average molecular weight is 409 g/mol. The van der Waals surface area contributed by atoms with Gasteiger partial charge in [0.05, 0.1) is 17.0 Å². The van der Waals surface area contributed by atoms with Crippen molar-refractivity contribution in [1.82, 2.24) is 4.90 Å². The van der Waals surface area contributed by atoms with Crippen LogP contribution in [0.5, 0.6) is 0 Å². The summed E-state index contributed by atoms with van der Waals surface area (Å²) in [6.07, 6.45) is 0. The van der Waals surface area contributed by atoms with Crippen molar-refractivity contribution in [3.63, 3.8) is 0 Å². The number of rotatable bonds is 3. The number of hydrogen-bond donors (Lipinski definition) is 0. The zero-order chi connectivity index (χ0) is 21.7. The molecule has 1 aliphatic heterocycles. The molecular formula is C27H23NO3. The summed E-state index contributed by atoms with van der Waals surface area (Å²) < 4.78 is 6.02. The Labute approximate surface area is 180 Å². The summed E-state index contributed by atoms with van der Waals surface area (Å²) in [5.41, 5.74) is 5.92. The van der Waals surface area contributed by atoms with Crippen LogP contribution in [0.25, 0.3) is 11.0 Å². The number of aryl methyl sites for hydroxylation is 3. The summed E-state index contributed by atoms with van der Waals surface area (Å²) in [7, 11) is 0. The standard InChI is InChI=1S/C27H23NO3/c1-16-4-9-19(10-5-16)15-28-24(20-11-6-17(2)7-12-20)23-25(29)21-14-18(3)8-13-22(21)31-26(23)27(28)30/h4-14,24H,15H2,1-3H3. The van der Waals surface area contributed by atoms with E-state index < -0.39 is 6.04 Å². The Morgan fingerprint density at radius 1 is 0.806 bits per heavy atom. The molecule has 0 radical (unpaired) electrons. The van der Waals surface area contributed by atoms with Crippen LogP contribution in [0, 0.1) is 20.8 Å². The van der Waals surface area contributed by atoms with Gasteiger partial charge in [0.25, 0.3) is 5.91 Å². The van der Waals surface area contributed by atoms with E-state index in [1.807, 2.05) is 81.4 Å². The number of amides is 1. The molecule has 1 aromatic heterocycles. The summed E-state index contributed by atoms with van der Waals surface area (Å²) in [4.78, 5) is 28.8. The Morgan fingerprint density at radius 3 is 2.10 bits per heavy atom. The van der Waals surface area contributed by atoms with E-state index in [0.717, 1.165) is 27.8 Å². The normalized spacial score (nSPS) is 15.5. The van der Waals surface area contributed by atoms with Crippen LogP contribution in [0.3, 0.4) is 0 Å². The molecule has 4 aromatic rings. The molecule has 0 saturated carbocycles. The van der Waals surface area contributed by atoms with Crippen molar-refractivity contribution in [3.05, 3.63) is 116 Å². The molecule has 0 aliphatic carbocycles. The Bertz CT molecular complexity index is 1370. The molecule has 31 heavy (non-hydrogen) atoms. The lowest BCUT2D eigenvalue weighted by Crippen LogP contribution is -2.29. The van der Waals surface area contributed by atoms with Crippen LogP contribution in [0.1, 0.15) is 50.0 Å². The fourth-order valence-electron chi connectivity index (χ4n) is 4.28. The fraction of sp³-hybridized carbons (Fsp3) is 0.185. The van der Waals surface area contributed by atoms with E-state index in [0.29, 0.717) is 23.1 Å². The Morgan fingerprint density at radius 2 is 1.42 bits per heavy atom. The van der Waals surface area contributed by atoms with Gasteiger partial charge >= 0.3 is 0 Å². The van der Waals surface area contributed by atoms with Crippen molar-refractivity contribution in [3.8, 4) is 0 Å². The predicted octanol–water partition coefficient (Wildman–Crippen LogP) is 5.46. The Hall–Kier alpha value is -3.66. The molecule has 0 N–H and O–H groups in total. The fourth-order valence-corrected chi connectivity index (χ4v) is 4.28. The van der Waals surface area contributed by atoms with Gasteiger partial charge in [0.2, 0.25) is 5.76 Å². The first-order valence-electron chi connectivity index (χ1n) is 10.4. The second-order valence-corrected chi connectivity index (χ2v) is 8.41. The highest BCUT2D eigenvalue weighted by atomic mass is 16.3. The van der Waals surface area contributed by atoms with Crippen LogP contribution in [0.15, 0.2) is 75.9 Å². The van der Waals surface area contributed by atoms with Crippen LogP contribution in [-0.4, -0.2) is 10.8 Å². The molecule has 4 heteroatoms. The van der Waals surface area contributed by atoms with E-state index >= 15 is 0 Å². The third-order valence-electron chi connectivity index (χ3n) is 5.99. The van der Waals surface area contributed by atoms with E-state index in [2.05, 4.69) is 0 Å². The number of fused-ring (bicyclic) bond motifs is 2. The van der Waals surface area contributed by atoms with Crippen LogP contribution < -0.4 is 5.43 Å². The molecule has 4 nitrogen and oxygen atoms in total. The first-order valence-corrected chi connectivity index (χ1v) is 10.4. The molecule has 5 rings (SSSR count). The molecule has 0 fully saturated rings. The molecule has 3 aromatic carbocycles. The molecule has 154 valence electrons. The van der Waals surface area contributed by atoms with Gasteiger partial charge in [-0.15, -0.1) is 0 Å². The first kappa shape index (κ1) is 19.3. The second kappa shape index (κ2) is 7.24. The minimum Gasteiger partial charge on any atom is -0.450 e. The van der Waals surface area contributed by atoms with Crippen molar-refractivity contribution in [2.45, 2.75) is 33.4 Å². The average Bonchev–Trinajstić information content (AvgIpc) is 3.03. The van der Waals surface area contributed by atoms with Crippen molar-refractivity contribution >= 4 is 16.9 Å². The lowest BCUT2D eigenvalue weighted by atomic mass is 9.97. The van der Waals surface area contributed by atoms with E-state index in [9.17, 15) is 9.59 Å². The number of hydrogen-bond acceptors (Lipinski definition) is 3. The summed E-state index contributed by atoms with van der Waals surface area (Å²) in [5.74, 6) is -0.0974. The van der Waals surface area contributed by atoms with E-state index in [4.69, 9.17) is 4.42 Å². The number of carbonyl (C=O) groups is 1. The van der Waals surface area contributed by atoms with Gasteiger partial charge in [0.1, 0.15) is 5.58 Å². The lowest BCUT2D eigenvalue weighted by molar-refractivity contribution is 0.0714. The third-order valence-corrected chi connectivity index (χ3v) is 5.99. The quantitative estimate of drug-likeness (QED) is 0.451. The predicted molar refractivity (Wildman–Crippen MR) is 121 cm³/mol. The molecule has 0 spiro atoms. The van der Waals surface area contributed by atoms with Gasteiger partial charge in [-0.2, -0.15) is 0 Å². The summed E-state index contributed by atoms with van der Waals surface area (Å²) >= 11 is 0. The molecule has 1 amide bonds. The van der Waals surface area contributed by atoms with Crippen molar-refractivity contribution in [2.24, 2.45) is 0 Å². The molecule has 1 atom stereocenters. The van der Waals surface area contributed by atoms with Crippen molar-refractivity contribution in [2.75, 3.05) is 0 Å². The van der Waals surface area contributed by atoms with E-state index in [-0.39, 0.29) is 17.1 Å². The van der Waals surface area contributed by atoms with Crippen LogP contribution in [0.2, 0.25) is 0 Å². The maximum Gasteiger partial charge on any atom is 0.291 e. The van der Waals surface area contributed by atoms with Gasteiger partial charge in [-0.05, 0) is 44.0 Å². The maximum absolute atomic E-state index is 13.6. The number of carbonyl (C=O) groups excluding carboxylic acids is 1. The summed E-state index contributed by atoms with van der Waals surface area (Å²) in [6, 6.07) is 21.1. The minimum absolute atomic E-state index is 0.134. The Balaban J connectivity index is 1.72. The monoisotopic (exact) mass is 409 g/mol. The van der Waals surface area contributed by atoms with Crippen LogP contribution in [-0.2, 0) is 6.54 Å². The van der Waals surface area contributed by atoms with E-state index in [1.165, 1.54) is 0 Å². The van der Waals surface area contributed by atoms with Gasteiger partial charge in [0.15, 0.2) is 5.43 Å². The van der Waals surface area contributed by atoms with Gasteiger partial charge in [-0.3, -0.25) is 9.59 Å². The smallest absolute Gasteiger partial charge is 0.291 e. The highest BCUT2D eigenvalue weighted by Crippen LogP contribution is 2.39. The molecule has 2 heterocycles. The zero-order valence-electron chi connectivity index (χ0n) is 17.8. The highest BCUT2D eigenvalue weighted by Gasteiger charge is 2.42. The van der Waals surface area contributed by atoms with Crippen molar-refractivity contribution in [1.29, 1.82) is 0 Å². The first-order chi connectivity index (χ1) is 14.9. The number of nitrogens with zero attached hydrogens (tertiary/aromatic N) is 1. The van der Waals surface area contributed by atoms with Gasteiger partial charge in [-0.1, -0.05) is 71.3 Å². The topological polar surface area (TPSA) is 50.5 Å². The third kappa shape index (κ3) is 3.25. The highest BCUT2D eigenvalue weighted by molar-refractivity contribution is 5.99. The number of benzene rings is 3. The molecule has 0 bridgehead atoms. The Kier molecular flexibility index (Phi) is 4.51. The molecule has 1 unspecified atom stereocenters. The van der Waals surface area contributed by atoms with Crippen molar-refractivity contribution < 1.29 is 9.21 Å². The van der Waals surface area contributed by atoms with Crippen LogP contribution >= 0.6 is 0 Å². The lowest BCUT2D eigenvalue weighted by Gasteiger charge is -2.25. The zero-order valence-corrected chi connectivity index (χ0v) is 17.8. The minimum atomic E-state index is -0.481. The molecule has 1 aliphatic rings. The molecule has 0 saturated heterocycles. The second-order valence-electron chi connectivity index (χ2n) is 8.41. The largest absolute Gasteiger partial charge is 0.450 e. The maximum atomic E-state index is 13.6. The van der Waals surface area contributed by atoms with Crippen LogP contribution in [0.4, 0.5) is 0 Å². The summed E-state index contributed by atoms with van der Waals surface area (Å²) in [6.45, 7) is 6.40. The van der Waals surface area contributed by atoms with Gasteiger partial charge in [-0.25, -0.2) is 0 Å². The van der Waals surface area contributed by atoms with E-state index in [1.54, 1.807) is 11.0 Å². The molecular weight excluding hydrogens is 386 g/mol. The van der Waals surface area contributed by atoms with Gasteiger partial charge < -0.3 is 9.32 Å².